The fourth-order valence-electron chi connectivity index (χ4n) is 2.66. The lowest BCUT2D eigenvalue weighted by atomic mass is 9.97. The van der Waals surface area contributed by atoms with Crippen molar-refractivity contribution in [1.82, 2.24) is 4.90 Å². The summed E-state index contributed by atoms with van der Waals surface area (Å²) >= 11 is 11.8. The fraction of sp³-hybridized carbons (Fsp3) is 0.294. The first-order valence-corrected chi connectivity index (χ1v) is 8.28. The van der Waals surface area contributed by atoms with Crippen LogP contribution in [0, 0.1) is 5.92 Å². The van der Waals surface area contributed by atoms with Gasteiger partial charge in [0.2, 0.25) is 0 Å². The summed E-state index contributed by atoms with van der Waals surface area (Å²) < 4.78 is 10.3. The van der Waals surface area contributed by atoms with Crippen LogP contribution in [0.3, 0.4) is 0 Å². The molecule has 0 saturated carbocycles. The molecule has 2 heterocycles. The number of carbonyl (C=O) groups excluding carboxylic acids is 2. The number of hydrogen-bond donors (Lipinski definition) is 0. The van der Waals surface area contributed by atoms with Crippen molar-refractivity contribution in [2.24, 2.45) is 5.92 Å². The Morgan fingerprint density at radius 2 is 2.04 bits per heavy atom. The van der Waals surface area contributed by atoms with Gasteiger partial charge in [-0.15, -0.1) is 0 Å². The zero-order valence-corrected chi connectivity index (χ0v) is 14.2. The molecule has 2 aromatic rings. The van der Waals surface area contributed by atoms with Crippen LogP contribution in [0.15, 0.2) is 41.2 Å². The molecule has 0 bridgehead atoms. The van der Waals surface area contributed by atoms with E-state index in [9.17, 15) is 9.59 Å². The second-order valence-corrected chi connectivity index (χ2v) is 6.41. The largest absolute Gasteiger partial charge is 0.472 e. The van der Waals surface area contributed by atoms with Gasteiger partial charge in [-0.2, -0.15) is 0 Å². The second kappa shape index (κ2) is 7.28. The topological polar surface area (TPSA) is 59.8 Å². The number of likely N-dealkylation sites (tertiary alicyclic amines) is 1. The Balaban J connectivity index is 1.64. The van der Waals surface area contributed by atoms with Crippen LogP contribution in [-0.2, 0) is 4.79 Å². The van der Waals surface area contributed by atoms with Gasteiger partial charge in [-0.3, -0.25) is 9.59 Å². The van der Waals surface area contributed by atoms with Crippen LogP contribution in [0.5, 0.6) is 5.75 Å². The van der Waals surface area contributed by atoms with Crippen LogP contribution in [0.25, 0.3) is 0 Å². The number of carbonyl (C=O) groups is 2. The summed E-state index contributed by atoms with van der Waals surface area (Å²) in [6.07, 6.45) is 4.27. The molecule has 5 nitrogen and oxygen atoms in total. The molecule has 1 saturated heterocycles. The summed E-state index contributed by atoms with van der Waals surface area (Å²) in [5.41, 5.74) is 0.480. The monoisotopic (exact) mass is 367 g/mol. The first kappa shape index (κ1) is 16.9. The van der Waals surface area contributed by atoms with Crippen molar-refractivity contribution < 1.29 is 18.7 Å². The highest BCUT2D eigenvalue weighted by atomic mass is 35.5. The minimum atomic E-state index is -0.377. The molecule has 24 heavy (non-hydrogen) atoms. The Morgan fingerprint density at radius 1 is 1.21 bits per heavy atom. The first-order chi connectivity index (χ1) is 11.5. The number of piperidine rings is 1. The van der Waals surface area contributed by atoms with Crippen molar-refractivity contribution in [3.05, 3.63) is 52.4 Å². The quantitative estimate of drug-likeness (QED) is 0.606. The average molecular weight is 368 g/mol. The first-order valence-electron chi connectivity index (χ1n) is 7.53. The Bertz CT molecular complexity index is 745. The summed E-state index contributed by atoms with van der Waals surface area (Å²) in [5.74, 6) is -0.550. The second-order valence-electron chi connectivity index (χ2n) is 5.60. The Morgan fingerprint density at radius 3 is 2.75 bits per heavy atom. The van der Waals surface area contributed by atoms with E-state index in [4.69, 9.17) is 32.4 Å². The van der Waals surface area contributed by atoms with Crippen LogP contribution in [-0.4, -0.2) is 29.9 Å². The van der Waals surface area contributed by atoms with Gasteiger partial charge >= 0.3 is 5.97 Å². The van der Waals surface area contributed by atoms with E-state index >= 15 is 0 Å². The van der Waals surface area contributed by atoms with E-state index in [1.165, 1.54) is 18.6 Å². The summed E-state index contributed by atoms with van der Waals surface area (Å²) in [4.78, 5) is 26.4. The third kappa shape index (κ3) is 3.74. The summed E-state index contributed by atoms with van der Waals surface area (Å²) in [6, 6.07) is 6.27. The minimum absolute atomic E-state index is 0.143. The van der Waals surface area contributed by atoms with Crippen LogP contribution in [0.1, 0.15) is 23.2 Å². The molecule has 1 aromatic heterocycles. The molecular formula is C17H15Cl2NO4. The minimum Gasteiger partial charge on any atom is -0.472 e. The third-order valence-electron chi connectivity index (χ3n) is 3.92. The highest BCUT2D eigenvalue weighted by Gasteiger charge is 2.30. The van der Waals surface area contributed by atoms with Crippen molar-refractivity contribution >= 4 is 35.1 Å². The predicted octanol–water partition coefficient (Wildman–Crippen LogP) is 4.04. The van der Waals surface area contributed by atoms with E-state index in [0.717, 1.165) is 6.42 Å². The number of hydrogen-bond acceptors (Lipinski definition) is 4. The molecule has 0 aliphatic carbocycles. The molecule has 0 unspecified atom stereocenters. The molecule has 1 aromatic carbocycles. The number of furan rings is 1. The number of esters is 1. The van der Waals surface area contributed by atoms with Crippen LogP contribution < -0.4 is 4.74 Å². The highest BCUT2D eigenvalue weighted by Crippen LogP contribution is 2.28. The molecular weight excluding hydrogens is 353 g/mol. The van der Waals surface area contributed by atoms with Crippen molar-refractivity contribution in [2.45, 2.75) is 12.8 Å². The van der Waals surface area contributed by atoms with Gasteiger partial charge in [0, 0.05) is 19.2 Å². The number of nitrogens with zero attached hydrogens (tertiary/aromatic N) is 1. The van der Waals surface area contributed by atoms with Gasteiger partial charge < -0.3 is 14.1 Å². The van der Waals surface area contributed by atoms with Gasteiger partial charge in [0.25, 0.3) is 5.91 Å². The molecule has 1 atom stereocenters. The Hall–Kier alpha value is -1.98. The molecule has 0 N–H and O–H groups in total. The van der Waals surface area contributed by atoms with Crippen LogP contribution in [0.2, 0.25) is 10.0 Å². The standard InChI is InChI=1S/C17H15Cl2NO4/c18-14-4-3-13(8-15(14)19)24-17(22)11-2-1-6-20(9-11)16(21)12-5-7-23-10-12/h3-5,7-8,10-11H,1-2,6,9H2/t11-/m1/s1. The van der Waals surface area contributed by atoms with Crippen LogP contribution in [0.4, 0.5) is 0 Å². The summed E-state index contributed by atoms with van der Waals surface area (Å²) in [5, 5.41) is 0.716. The highest BCUT2D eigenvalue weighted by molar-refractivity contribution is 6.42. The predicted molar refractivity (Wildman–Crippen MR) is 89.4 cm³/mol. The lowest BCUT2D eigenvalue weighted by Crippen LogP contribution is -2.43. The van der Waals surface area contributed by atoms with E-state index in [-0.39, 0.29) is 17.8 Å². The number of benzene rings is 1. The molecule has 1 aliphatic heterocycles. The maximum atomic E-state index is 12.4. The molecule has 7 heteroatoms. The normalized spacial score (nSPS) is 17.6. The molecule has 1 aliphatic rings. The third-order valence-corrected chi connectivity index (χ3v) is 4.66. The van der Waals surface area contributed by atoms with Crippen molar-refractivity contribution in [3.8, 4) is 5.75 Å². The maximum Gasteiger partial charge on any atom is 0.316 e. The molecule has 126 valence electrons. The lowest BCUT2D eigenvalue weighted by molar-refractivity contribution is -0.140. The maximum absolute atomic E-state index is 12.4. The zero-order chi connectivity index (χ0) is 17.1. The van der Waals surface area contributed by atoms with E-state index in [2.05, 4.69) is 0 Å². The average Bonchev–Trinajstić information content (AvgIpc) is 3.12. The van der Waals surface area contributed by atoms with Gasteiger partial charge in [0.15, 0.2) is 0 Å². The molecule has 1 amide bonds. The Kier molecular flexibility index (Phi) is 5.11. The Labute approximate surface area is 149 Å². The summed E-state index contributed by atoms with van der Waals surface area (Å²) in [6.45, 7) is 0.935. The number of ether oxygens (including phenoxy) is 1. The molecule has 0 spiro atoms. The summed E-state index contributed by atoms with van der Waals surface area (Å²) in [7, 11) is 0. The lowest BCUT2D eigenvalue weighted by Gasteiger charge is -2.31. The van der Waals surface area contributed by atoms with Gasteiger partial charge in [-0.05, 0) is 31.0 Å². The fourth-order valence-corrected chi connectivity index (χ4v) is 2.95. The van der Waals surface area contributed by atoms with E-state index in [0.29, 0.717) is 40.9 Å². The van der Waals surface area contributed by atoms with Crippen molar-refractivity contribution in [1.29, 1.82) is 0 Å². The van der Waals surface area contributed by atoms with Crippen LogP contribution >= 0.6 is 23.2 Å². The van der Waals surface area contributed by atoms with Crippen molar-refractivity contribution in [2.75, 3.05) is 13.1 Å². The van der Waals surface area contributed by atoms with Gasteiger partial charge in [-0.25, -0.2) is 0 Å². The van der Waals surface area contributed by atoms with Gasteiger partial charge in [0.1, 0.15) is 12.0 Å². The molecule has 3 rings (SSSR count). The smallest absolute Gasteiger partial charge is 0.316 e. The van der Waals surface area contributed by atoms with E-state index in [1.807, 2.05) is 0 Å². The SMILES string of the molecule is O=C(Oc1ccc(Cl)c(Cl)c1)[C@@H]1CCCN(C(=O)c2ccoc2)C1. The van der Waals surface area contributed by atoms with Crippen molar-refractivity contribution in [3.63, 3.8) is 0 Å². The van der Waals surface area contributed by atoms with E-state index < -0.39 is 0 Å². The van der Waals surface area contributed by atoms with Gasteiger partial charge in [0.05, 0.1) is 27.8 Å². The number of amides is 1. The van der Waals surface area contributed by atoms with Gasteiger partial charge in [-0.1, -0.05) is 23.2 Å². The molecule has 1 fully saturated rings. The number of rotatable bonds is 3. The zero-order valence-electron chi connectivity index (χ0n) is 12.7. The molecule has 0 radical (unpaired) electrons. The van der Waals surface area contributed by atoms with E-state index in [1.54, 1.807) is 23.1 Å². The number of halogens is 2.